The lowest BCUT2D eigenvalue weighted by molar-refractivity contribution is 0.282. The zero-order valence-corrected chi connectivity index (χ0v) is 30.8. The standard InChI is InChI=1S/C42H38ClN7O5/c1-27-34(30-8-11-50-41(16-30)49-24-33(42(50)53)23-47-10-13-52)5-3-6-35(27)36-7-2-4-31(37(36)19-45)26-55-40-17-39(32(15-38(40)43)22-46-9-12-51)54-25-29-14-28(18-44)20-48-21-29/h2-8,11,14-17,20-21,24,46-47,51-52H,9-10,12-13,22-23,25-26H2,1H3. The van der Waals surface area contributed by atoms with Crippen molar-refractivity contribution in [3.05, 3.63) is 146 Å². The fourth-order valence-corrected chi connectivity index (χ4v) is 6.47. The van der Waals surface area contributed by atoms with Gasteiger partial charge in [-0.15, -0.1) is 0 Å². The number of rotatable bonds is 16. The third kappa shape index (κ3) is 8.99. The van der Waals surface area contributed by atoms with E-state index in [0.717, 1.165) is 33.4 Å². The van der Waals surface area contributed by atoms with Crippen LogP contribution in [-0.2, 0) is 26.3 Å². The molecule has 0 aliphatic carbocycles. The first-order chi connectivity index (χ1) is 26.8. The van der Waals surface area contributed by atoms with E-state index in [0.29, 0.717) is 76.2 Å². The summed E-state index contributed by atoms with van der Waals surface area (Å²) < 4.78 is 13.9. The van der Waals surface area contributed by atoms with Crippen LogP contribution >= 0.6 is 11.6 Å². The fraction of sp³-hybridized carbons (Fsp3) is 0.214. The number of nitriles is 2. The van der Waals surface area contributed by atoms with Crippen molar-refractivity contribution >= 4 is 17.2 Å². The number of fused-ring (bicyclic) bond motifs is 1. The first kappa shape index (κ1) is 38.6. The number of ether oxygens (including phenoxy) is 2. The monoisotopic (exact) mass is 755 g/mol. The number of aromatic nitrogens is 3. The molecule has 0 aliphatic heterocycles. The largest absolute Gasteiger partial charge is 0.488 e. The van der Waals surface area contributed by atoms with Gasteiger partial charge in [-0.05, 0) is 53.4 Å². The summed E-state index contributed by atoms with van der Waals surface area (Å²) in [4.78, 5) is 21.7. The van der Waals surface area contributed by atoms with Gasteiger partial charge < -0.3 is 30.3 Å². The van der Waals surface area contributed by atoms with Crippen molar-refractivity contribution in [3.63, 3.8) is 0 Å². The van der Waals surface area contributed by atoms with E-state index in [2.05, 4.69) is 32.7 Å². The molecule has 4 N–H and O–H groups in total. The molecule has 0 saturated heterocycles. The Labute approximate surface area is 322 Å². The van der Waals surface area contributed by atoms with Crippen molar-refractivity contribution in [2.45, 2.75) is 33.2 Å². The summed E-state index contributed by atoms with van der Waals surface area (Å²) in [6, 6.07) is 24.9. The molecule has 0 amide bonds. The minimum Gasteiger partial charge on any atom is -0.488 e. The van der Waals surface area contributed by atoms with Gasteiger partial charge in [-0.1, -0.05) is 48.0 Å². The average Bonchev–Trinajstić information content (AvgIpc) is 3.21. The van der Waals surface area contributed by atoms with Gasteiger partial charge in [-0.2, -0.15) is 10.5 Å². The van der Waals surface area contributed by atoms with Gasteiger partial charge in [0.1, 0.15) is 42.5 Å². The number of benzene rings is 3. The summed E-state index contributed by atoms with van der Waals surface area (Å²) in [5.41, 5.74) is 8.18. The highest BCUT2D eigenvalue weighted by Gasteiger charge is 2.17. The molecule has 0 saturated carbocycles. The smallest absolute Gasteiger partial charge is 0.262 e. The van der Waals surface area contributed by atoms with Crippen LogP contribution in [0.15, 0.2) is 96.3 Å². The molecule has 0 aliphatic rings. The number of nitrogens with one attached hydrogen (secondary N) is 2. The SMILES string of the molecule is Cc1c(-c2ccn3c(=O)c(CNCCO)cnc3c2)cccc1-c1cccc(COc2cc(OCc3cncc(C#N)c3)c(CNCCO)cc2Cl)c1C#N. The molecule has 6 rings (SSSR count). The Kier molecular flexibility index (Phi) is 12.8. The maximum atomic E-state index is 13.1. The second-order valence-corrected chi connectivity index (χ2v) is 13.0. The van der Waals surface area contributed by atoms with Crippen LogP contribution in [0.5, 0.6) is 11.5 Å². The van der Waals surface area contributed by atoms with Crippen molar-refractivity contribution in [1.29, 1.82) is 10.5 Å². The van der Waals surface area contributed by atoms with Crippen molar-refractivity contribution in [3.8, 4) is 45.9 Å². The molecule has 3 aromatic heterocycles. The summed E-state index contributed by atoms with van der Waals surface area (Å²) in [6.45, 7) is 3.59. The van der Waals surface area contributed by atoms with Gasteiger partial charge in [-0.3, -0.25) is 14.2 Å². The highest BCUT2D eigenvalue weighted by molar-refractivity contribution is 6.32. The average molecular weight is 756 g/mol. The Morgan fingerprint density at radius 2 is 1.53 bits per heavy atom. The van der Waals surface area contributed by atoms with E-state index in [1.54, 1.807) is 36.8 Å². The van der Waals surface area contributed by atoms with E-state index in [-0.39, 0.29) is 32.0 Å². The van der Waals surface area contributed by atoms with Gasteiger partial charge >= 0.3 is 0 Å². The minimum atomic E-state index is -0.180. The number of aliphatic hydroxyl groups excluding tert-OH is 2. The highest BCUT2D eigenvalue weighted by Crippen LogP contribution is 2.37. The molecular weight excluding hydrogens is 718 g/mol. The number of nitrogens with zero attached hydrogens (tertiary/aromatic N) is 5. The van der Waals surface area contributed by atoms with Gasteiger partial charge in [0.2, 0.25) is 0 Å². The minimum absolute atomic E-state index is 0.0221. The molecule has 0 unspecified atom stereocenters. The van der Waals surface area contributed by atoms with Crippen LogP contribution in [0, 0.1) is 29.6 Å². The molecule has 12 nitrogen and oxygen atoms in total. The lowest BCUT2D eigenvalue weighted by Gasteiger charge is -2.17. The Hall–Kier alpha value is -6.12. The molecule has 3 aromatic carbocycles. The molecule has 0 atom stereocenters. The Bertz CT molecular complexity index is 2470. The van der Waals surface area contributed by atoms with Crippen LogP contribution in [0.2, 0.25) is 5.02 Å². The molecule has 6 aromatic rings. The molecule has 13 heteroatoms. The topological polar surface area (TPSA) is 178 Å². The molecule has 0 fully saturated rings. The summed E-state index contributed by atoms with van der Waals surface area (Å²) >= 11 is 6.71. The van der Waals surface area contributed by atoms with E-state index < -0.39 is 0 Å². The van der Waals surface area contributed by atoms with Crippen molar-refractivity contribution < 1.29 is 19.7 Å². The fourth-order valence-electron chi connectivity index (χ4n) is 6.23. The number of aliphatic hydroxyl groups is 2. The number of halogens is 1. The third-order valence-corrected chi connectivity index (χ3v) is 9.30. The number of hydrogen-bond acceptors (Lipinski definition) is 11. The molecule has 55 heavy (non-hydrogen) atoms. The Morgan fingerprint density at radius 1 is 0.800 bits per heavy atom. The molecule has 0 radical (unpaired) electrons. The van der Waals surface area contributed by atoms with Gasteiger partial charge in [0.05, 0.1) is 29.4 Å². The van der Waals surface area contributed by atoms with Gasteiger partial charge in [0, 0.05) is 84.9 Å². The predicted octanol–water partition coefficient (Wildman–Crippen LogP) is 5.45. The van der Waals surface area contributed by atoms with E-state index in [9.17, 15) is 20.4 Å². The van der Waals surface area contributed by atoms with Crippen LogP contribution in [0.3, 0.4) is 0 Å². The Balaban J connectivity index is 1.26. The third-order valence-electron chi connectivity index (χ3n) is 9.00. The highest BCUT2D eigenvalue weighted by atomic mass is 35.5. The van der Waals surface area contributed by atoms with Crippen molar-refractivity contribution in [1.82, 2.24) is 25.0 Å². The normalized spacial score (nSPS) is 10.9. The van der Waals surface area contributed by atoms with Gasteiger partial charge in [-0.25, -0.2) is 4.98 Å². The van der Waals surface area contributed by atoms with Gasteiger partial charge in [0.15, 0.2) is 0 Å². The maximum Gasteiger partial charge on any atom is 0.262 e. The molecule has 278 valence electrons. The summed E-state index contributed by atoms with van der Waals surface area (Å²) in [5.74, 6) is 0.856. The molecule has 0 bridgehead atoms. The second kappa shape index (κ2) is 18.3. The van der Waals surface area contributed by atoms with Crippen LogP contribution in [0.1, 0.15) is 38.9 Å². The van der Waals surface area contributed by atoms with Crippen molar-refractivity contribution in [2.75, 3.05) is 26.3 Å². The number of hydrogen-bond donors (Lipinski definition) is 4. The van der Waals surface area contributed by atoms with Gasteiger partial charge in [0.25, 0.3) is 5.56 Å². The summed E-state index contributed by atoms with van der Waals surface area (Å²) in [7, 11) is 0. The van der Waals surface area contributed by atoms with E-state index in [1.807, 2.05) is 55.5 Å². The molecule has 3 heterocycles. The Morgan fingerprint density at radius 3 is 2.29 bits per heavy atom. The predicted molar refractivity (Wildman–Crippen MR) is 208 cm³/mol. The van der Waals surface area contributed by atoms with Crippen LogP contribution < -0.4 is 25.7 Å². The summed E-state index contributed by atoms with van der Waals surface area (Å²) in [5, 5.41) is 44.6. The molecule has 0 spiro atoms. The van der Waals surface area contributed by atoms with Crippen LogP contribution in [-0.4, -0.2) is 50.9 Å². The quantitative estimate of drug-likeness (QED) is 0.0924. The van der Waals surface area contributed by atoms with Crippen molar-refractivity contribution in [2.24, 2.45) is 0 Å². The van der Waals surface area contributed by atoms with Crippen LogP contribution in [0.4, 0.5) is 0 Å². The van der Waals surface area contributed by atoms with E-state index in [4.69, 9.17) is 26.2 Å². The lowest BCUT2D eigenvalue weighted by atomic mass is 9.89. The zero-order chi connectivity index (χ0) is 38.7. The second-order valence-electron chi connectivity index (χ2n) is 12.6. The molecular formula is C42H38ClN7O5. The maximum absolute atomic E-state index is 13.1. The van der Waals surface area contributed by atoms with Crippen LogP contribution in [0.25, 0.3) is 27.9 Å². The first-order valence-electron chi connectivity index (χ1n) is 17.5. The van der Waals surface area contributed by atoms with E-state index in [1.165, 1.54) is 10.6 Å². The van der Waals surface area contributed by atoms with E-state index >= 15 is 0 Å². The lowest BCUT2D eigenvalue weighted by Crippen LogP contribution is -2.26. The summed E-state index contributed by atoms with van der Waals surface area (Å²) in [6.07, 6.45) is 6.38. The first-order valence-corrected chi connectivity index (χ1v) is 17.9. The number of pyridine rings is 2. The zero-order valence-electron chi connectivity index (χ0n) is 30.1.